The number of esters is 1. The molecule has 0 atom stereocenters. The number of methoxy groups -OCH3 is 1. The predicted octanol–water partition coefficient (Wildman–Crippen LogP) is 1.85. The van der Waals surface area contributed by atoms with E-state index in [1.54, 1.807) is 6.07 Å². The number of amides is 2. The van der Waals surface area contributed by atoms with Crippen LogP contribution in [0.15, 0.2) is 42.8 Å². The van der Waals surface area contributed by atoms with Gasteiger partial charge in [0, 0.05) is 18.8 Å². The van der Waals surface area contributed by atoms with Crippen molar-refractivity contribution in [1.82, 2.24) is 10.2 Å². The molecule has 2 aliphatic heterocycles. The number of rotatable bonds is 5. The highest BCUT2D eigenvalue weighted by molar-refractivity contribution is 6.07. The fourth-order valence-electron chi connectivity index (χ4n) is 3.47. The van der Waals surface area contributed by atoms with E-state index in [1.165, 1.54) is 12.0 Å². The van der Waals surface area contributed by atoms with Gasteiger partial charge >= 0.3 is 5.97 Å². The molecule has 3 rings (SSSR count). The van der Waals surface area contributed by atoms with Gasteiger partial charge in [-0.15, -0.1) is 0 Å². The van der Waals surface area contributed by atoms with Crippen LogP contribution < -0.4 is 5.32 Å². The van der Waals surface area contributed by atoms with Crippen LogP contribution in [0.4, 0.5) is 0 Å². The van der Waals surface area contributed by atoms with Crippen LogP contribution in [0.3, 0.4) is 0 Å². The fourth-order valence-corrected chi connectivity index (χ4v) is 3.47. The molecule has 0 aliphatic carbocycles. The minimum atomic E-state index is -0.756. The van der Waals surface area contributed by atoms with Crippen molar-refractivity contribution in [2.45, 2.75) is 25.3 Å². The Kier molecular flexibility index (Phi) is 5.41. The molecule has 1 fully saturated rings. The van der Waals surface area contributed by atoms with E-state index >= 15 is 0 Å². The van der Waals surface area contributed by atoms with Crippen LogP contribution in [-0.2, 0) is 25.6 Å². The number of nitrogens with zero attached hydrogens (tertiary/aromatic N) is 1. The van der Waals surface area contributed by atoms with Crippen LogP contribution in [0.2, 0.25) is 0 Å². The third kappa shape index (κ3) is 3.64. The summed E-state index contributed by atoms with van der Waals surface area (Å²) in [5.41, 5.74) is 2.38. The lowest BCUT2D eigenvalue weighted by molar-refractivity contribution is -0.137. The van der Waals surface area contributed by atoms with Crippen molar-refractivity contribution >= 4 is 17.8 Å². The van der Waals surface area contributed by atoms with Gasteiger partial charge in [0.05, 0.1) is 13.7 Å². The van der Waals surface area contributed by atoms with Crippen LogP contribution in [0.1, 0.15) is 40.2 Å². The number of carbonyl (C=O) groups excluding carboxylic acids is 3. The highest BCUT2D eigenvalue weighted by Gasteiger charge is 2.35. The number of ether oxygens (including phenoxy) is 2. The Bertz CT molecular complexity index is 824. The van der Waals surface area contributed by atoms with Crippen molar-refractivity contribution in [3.05, 3.63) is 59.4 Å². The van der Waals surface area contributed by atoms with Gasteiger partial charge in [0.1, 0.15) is 11.4 Å². The molecule has 1 saturated heterocycles. The lowest BCUT2D eigenvalue weighted by Gasteiger charge is -2.24. The first kappa shape index (κ1) is 18.8. The Hall–Kier alpha value is -2.93. The summed E-state index contributed by atoms with van der Waals surface area (Å²) in [5, 5.41) is 2.31. The van der Waals surface area contributed by atoms with Gasteiger partial charge < -0.3 is 14.8 Å². The molecule has 0 saturated carbocycles. The first-order chi connectivity index (χ1) is 12.9. The summed E-state index contributed by atoms with van der Waals surface area (Å²) < 4.78 is 9.93. The Morgan fingerprint density at radius 1 is 1.26 bits per heavy atom. The molecule has 0 aromatic heterocycles. The Morgan fingerprint density at radius 2 is 1.96 bits per heavy atom. The van der Waals surface area contributed by atoms with Crippen molar-refractivity contribution < 1.29 is 23.9 Å². The van der Waals surface area contributed by atoms with Gasteiger partial charge in [-0.25, -0.2) is 4.79 Å². The van der Waals surface area contributed by atoms with Crippen LogP contribution >= 0.6 is 0 Å². The second kappa shape index (κ2) is 7.75. The lowest BCUT2D eigenvalue weighted by Crippen LogP contribution is -2.36. The molecule has 0 radical (unpaired) electrons. The average molecular weight is 370 g/mol. The largest absolute Gasteiger partial charge is 0.464 e. The molecule has 7 nitrogen and oxygen atoms in total. The molecule has 1 N–H and O–H groups in total. The smallest absolute Gasteiger partial charge is 0.353 e. The maximum atomic E-state index is 12.8. The third-order valence-electron chi connectivity index (χ3n) is 4.95. The standard InChI is InChI=1S/C20H22N2O5/c1-12(20(25)26-3)21-18(23)13(2)22-11-17-15(14-7-9-27-10-8-14)5-4-6-16(17)19(22)24/h4-6,14H,1-2,7-11H2,3H3,(H,21,23). The van der Waals surface area contributed by atoms with Gasteiger partial charge in [0.15, 0.2) is 0 Å². The van der Waals surface area contributed by atoms with E-state index in [9.17, 15) is 14.4 Å². The maximum absolute atomic E-state index is 12.8. The van der Waals surface area contributed by atoms with Gasteiger partial charge in [0.2, 0.25) is 0 Å². The van der Waals surface area contributed by atoms with Crippen LogP contribution in [-0.4, -0.2) is 43.0 Å². The summed E-state index contributed by atoms with van der Waals surface area (Å²) in [7, 11) is 1.19. The van der Waals surface area contributed by atoms with E-state index in [4.69, 9.17) is 4.74 Å². The second-order valence-electron chi connectivity index (χ2n) is 6.52. The Balaban J connectivity index is 1.78. The molecular weight excluding hydrogens is 348 g/mol. The molecular formula is C20H22N2O5. The van der Waals surface area contributed by atoms with E-state index in [2.05, 4.69) is 23.2 Å². The summed E-state index contributed by atoms with van der Waals surface area (Å²) in [6.07, 6.45) is 1.82. The summed E-state index contributed by atoms with van der Waals surface area (Å²) in [4.78, 5) is 37.9. The van der Waals surface area contributed by atoms with Gasteiger partial charge in [-0.2, -0.15) is 0 Å². The molecule has 2 aliphatic rings. The number of hydrogen-bond acceptors (Lipinski definition) is 5. The first-order valence-corrected chi connectivity index (χ1v) is 8.73. The van der Waals surface area contributed by atoms with E-state index < -0.39 is 11.9 Å². The van der Waals surface area contributed by atoms with Gasteiger partial charge in [-0.1, -0.05) is 25.3 Å². The minimum Gasteiger partial charge on any atom is -0.464 e. The zero-order valence-corrected chi connectivity index (χ0v) is 15.2. The van der Waals surface area contributed by atoms with Crippen molar-refractivity contribution in [3.63, 3.8) is 0 Å². The van der Waals surface area contributed by atoms with Crippen molar-refractivity contribution in [3.8, 4) is 0 Å². The summed E-state index contributed by atoms with van der Waals surface area (Å²) in [5.74, 6) is -1.36. The van der Waals surface area contributed by atoms with Crippen molar-refractivity contribution in [2.24, 2.45) is 0 Å². The number of carbonyl (C=O) groups is 3. The molecule has 0 spiro atoms. The summed E-state index contributed by atoms with van der Waals surface area (Å²) >= 11 is 0. The highest BCUT2D eigenvalue weighted by Crippen LogP contribution is 2.36. The molecule has 2 amide bonds. The molecule has 1 aromatic carbocycles. The highest BCUT2D eigenvalue weighted by atomic mass is 16.5. The summed E-state index contributed by atoms with van der Waals surface area (Å²) in [6, 6.07) is 5.67. The van der Waals surface area contributed by atoms with Crippen molar-refractivity contribution in [2.75, 3.05) is 20.3 Å². The third-order valence-corrected chi connectivity index (χ3v) is 4.95. The fraction of sp³-hybridized carbons (Fsp3) is 0.350. The molecule has 0 unspecified atom stereocenters. The maximum Gasteiger partial charge on any atom is 0.353 e. The zero-order chi connectivity index (χ0) is 19.6. The Morgan fingerprint density at radius 3 is 2.63 bits per heavy atom. The molecule has 27 heavy (non-hydrogen) atoms. The van der Waals surface area contributed by atoms with Crippen LogP contribution in [0, 0.1) is 0 Å². The molecule has 2 heterocycles. The molecule has 0 bridgehead atoms. The normalized spacial score (nSPS) is 16.6. The van der Waals surface area contributed by atoms with E-state index in [0.717, 1.165) is 24.0 Å². The summed E-state index contributed by atoms with van der Waals surface area (Å²) in [6.45, 7) is 8.86. The van der Waals surface area contributed by atoms with E-state index in [-0.39, 0.29) is 23.8 Å². The number of fused-ring (bicyclic) bond motifs is 1. The second-order valence-corrected chi connectivity index (χ2v) is 6.52. The van der Waals surface area contributed by atoms with Gasteiger partial charge in [0.25, 0.3) is 11.8 Å². The van der Waals surface area contributed by atoms with Crippen molar-refractivity contribution in [1.29, 1.82) is 0 Å². The molecule has 142 valence electrons. The average Bonchev–Trinajstić information content (AvgIpc) is 3.04. The van der Waals surface area contributed by atoms with Crippen LogP contribution in [0.25, 0.3) is 0 Å². The number of hydrogen-bond donors (Lipinski definition) is 1. The molecule has 1 aromatic rings. The number of benzene rings is 1. The number of nitrogens with one attached hydrogen (secondary N) is 1. The SMILES string of the molecule is C=C(NC(=O)C(=C)N1Cc2c(cccc2C2CCOCC2)C1=O)C(=O)OC. The van der Waals surface area contributed by atoms with Gasteiger partial charge in [-0.3, -0.25) is 14.5 Å². The lowest BCUT2D eigenvalue weighted by atomic mass is 9.87. The first-order valence-electron chi connectivity index (χ1n) is 8.73. The molecule has 7 heteroatoms. The quantitative estimate of drug-likeness (QED) is 0.632. The monoisotopic (exact) mass is 370 g/mol. The Labute approximate surface area is 157 Å². The van der Waals surface area contributed by atoms with E-state index in [1.807, 2.05) is 12.1 Å². The topological polar surface area (TPSA) is 84.9 Å². The zero-order valence-electron chi connectivity index (χ0n) is 15.2. The van der Waals surface area contributed by atoms with Gasteiger partial charge in [-0.05, 0) is 36.0 Å². The van der Waals surface area contributed by atoms with Crippen LogP contribution in [0.5, 0.6) is 0 Å². The minimum absolute atomic E-state index is 0.0424. The van der Waals surface area contributed by atoms with E-state index in [0.29, 0.717) is 24.7 Å². The predicted molar refractivity (Wildman–Crippen MR) is 97.5 cm³/mol.